The average Bonchev–Trinajstić information content (AvgIpc) is 2.27. The van der Waals surface area contributed by atoms with E-state index >= 15 is 0 Å². The highest BCUT2D eigenvalue weighted by Crippen LogP contribution is 2.28. The van der Waals surface area contributed by atoms with Crippen molar-refractivity contribution in [3.05, 3.63) is 35.9 Å². The standard InChI is InChI=1S/C10H7Cl3O3/c11-8(12)7(14)10(16,9(13)15)6-4-2-1-3-5-6/h1-5,8,16H. The number of rotatable bonds is 4. The first kappa shape index (κ1) is 13.5. The predicted molar refractivity (Wildman–Crippen MR) is 61.7 cm³/mol. The molecule has 0 fully saturated rings. The molecule has 0 heterocycles. The molecule has 0 spiro atoms. The number of benzene rings is 1. The van der Waals surface area contributed by atoms with Gasteiger partial charge in [-0.2, -0.15) is 0 Å². The molecule has 0 saturated carbocycles. The predicted octanol–water partition coefficient (Wildman–Crippen LogP) is 2.01. The van der Waals surface area contributed by atoms with Crippen LogP contribution < -0.4 is 0 Å². The van der Waals surface area contributed by atoms with Crippen molar-refractivity contribution < 1.29 is 14.7 Å². The molecule has 0 aromatic heterocycles. The van der Waals surface area contributed by atoms with Crippen molar-refractivity contribution in [1.82, 2.24) is 0 Å². The molecule has 3 nitrogen and oxygen atoms in total. The lowest BCUT2D eigenvalue weighted by atomic mass is 9.91. The van der Waals surface area contributed by atoms with E-state index in [1.54, 1.807) is 18.2 Å². The molecular formula is C10H7Cl3O3. The number of carbonyl (C=O) groups is 2. The normalized spacial score (nSPS) is 14.6. The maximum atomic E-state index is 11.6. The highest BCUT2D eigenvalue weighted by molar-refractivity contribution is 6.69. The maximum Gasteiger partial charge on any atom is 0.265 e. The fourth-order valence-electron chi connectivity index (χ4n) is 1.19. The zero-order chi connectivity index (χ0) is 12.3. The van der Waals surface area contributed by atoms with E-state index in [0.29, 0.717) is 0 Å². The van der Waals surface area contributed by atoms with E-state index in [1.807, 2.05) is 0 Å². The Balaban J connectivity index is 3.28. The van der Waals surface area contributed by atoms with Crippen molar-refractivity contribution in [1.29, 1.82) is 0 Å². The van der Waals surface area contributed by atoms with Gasteiger partial charge in [0.15, 0.2) is 4.84 Å². The lowest BCUT2D eigenvalue weighted by molar-refractivity contribution is -0.146. The molecule has 0 bridgehead atoms. The van der Waals surface area contributed by atoms with Crippen LogP contribution in [0.5, 0.6) is 0 Å². The first-order valence-electron chi connectivity index (χ1n) is 4.21. The summed E-state index contributed by atoms with van der Waals surface area (Å²) in [6.45, 7) is 0. The van der Waals surface area contributed by atoms with Crippen LogP contribution in [0.2, 0.25) is 0 Å². The molecule has 0 saturated heterocycles. The molecule has 1 N–H and O–H groups in total. The highest BCUT2D eigenvalue weighted by atomic mass is 35.5. The topological polar surface area (TPSA) is 54.4 Å². The third kappa shape index (κ3) is 2.38. The van der Waals surface area contributed by atoms with Crippen LogP contribution >= 0.6 is 34.8 Å². The minimum atomic E-state index is -2.50. The number of hydrogen-bond donors (Lipinski definition) is 1. The Hall–Kier alpha value is -0.610. The molecular weight excluding hydrogens is 274 g/mol. The van der Waals surface area contributed by atoms with E-state index in [2.05, 4.69) is 0 Å². The highest BCUT2D eigenvalue weighted by Gasteiger charge is 2.46. The Morgan fingerprint density at radius 3 is 2.06 bits per heavy atom. The van der Waals surface area contributed by atoms with E-state index in [4.69, 9.17) is 34.8 Å². The molecule has 6 heteroatoms. The van der Waals surface area contributed by atoms with Gasteiger partial charge in [0.05, 0.1) is 0 Å². The zero-order valence-electron chi connectivity index (χ0n) is 7.86. The van der Waals surface area contributed by atoms with Gasteiger partial charge in [0.1, 0.15) is 0 Å². The Morgan fingerprint density at radius 2 is 1.69 bits per heavy atom. The summed E-state index contributed by atoms with van der Waals surface area (Å²) in [6, 6.07) is 7.52. The second kappa shape index (κ2) is 5.15. The summed E-state index contributed by atoms with van der Waals surface area (Å²) in [6.07, 6.45) is 0. The second-order valence-electron chi connectivity index (χ2n) is 3.02. The van der Waals surface area contributed by atoms with Crippen LogP contribution in [-0.2, 0) is 15.2 Å². The summed E-state index contributed by atoms with van der Waals surface area (Å²) in [7, 11) is 0. The number of carbonyl (C=O) groups excluding carboxylic acids is 2. The lowest BCUT2D eigenvalue weighted by Crippen LogP contribution is -2.44. The van der Waals surface area contributed by atoms with Crippen LogP contribution in [0.3, 0.4) is 0 Å². The second-order valence-corrected chi connectivity index (χ2v) is 4.45. The SMILES string of the molecule is O=C(Cl)C(O)(C(=O)C(Cl)Cl)c1ccccc1. The van der Waals surface area contributed by atoms with Crippen LogP contribution in [0, 0.1) is 0 Å². The molecule has 86 valence electrons. The van der Waals surface area contributed by atoms with Crippen molar-refractivity contribution in [3.63, 3.8) is 0 Å². The van der Waals surface area contributed by atoms with Crippen LogP contribution in [0.15, 0.2) is 30.3 Å². The first-order chi connectivity index (χ1) is 7.40. The molecule has 1 aromatic carbocycles. The smallest absolute Gasteiger partial charge is 0.265 e. The van der Waals surface area contributed by atoms with Gasteiger partial charge in [-0.3, -0.25) is 9.59 Å². The number of alkyl halides is 2. The van der Waals surface area contributed by atoms with E-state index in [0.717, 1.165) is 0 Å². The Kier molecular flexibility index (Phi) is 4.33. The van der Waals surface area contributed by atoms with Crippen molar-refractivity contribution in [3.8, 4) is 0 Å². The van der Waals surface area contributed by atoms with Crippen molar-refractivity contribution >= 4 is 45.8 Å². The molecule has 0 amide bonds. The van der Waals surface area contributed by atoms with Gasteiger partial charge in [-0.25, -0.2) is 0 Å². The van der Waals surface area contributed by atoms with E-state index < -0.39 is 21.5 Å². The van der Waals surface area contributed by atoms with Gasteiger partial charge in [0.2, 0.25) is 11.4 Å². The van der Waals surface area contributed by atoms with Crippen molar-refractivity contribution in [2.24, 2.45) is 0 Å². The number of aliphatic hydroxyl groups is 1. The number of hydrogen-bond acceptors (Lipinski definition) is 3. The first-order valence-corrected chi connectivity index (χ1v) is 5.46. The van der Waals surface area contributed by atoms with Crippen molar-refractivity contribution in [2.75, 3.05) is 0 Å². The van der Waals surface area contributed by atoms with Gasteiger partial charge in [-0.1, -0.05) is 53.5 Å². The molecule has 0 aliphatic rings. The van der Waals surface area contributed by atoms with E-state index in [-0.39, 0.29) is 5.56 Å². The van der Waals surface area contributed by atoms with Gasteiger partial charge in [0.25, 0.3) is 5.24 Å². The summed E-state index contributed by atoms with van der Waals surface area (Å²) in [5.41, 5.74) is -2.47. The van der Waals surface area contributed by atoms with Crippen LogP contribution in [-0.4, -0.2) is 21.0 Å². The molecule has 0 aliphatic heterocycles. The molecule has 16 heavy (non-hydrogen) atoms. The van der Waals surface area contributed by atoms with Gasteiger partial charge in [-0.15, -0.1) is 0 Å². The van der Waals surface area contributed by atoms with Crippen LogP contribution in [0.25, 0.3) is 0 Å². The van der Waals surface area contributed by atoms with Gasteiger partial charge < -0.3 is 5.11 Å². The van der Waals surface area contributed by atoms with E-state index in [1.165, 1.54) is 12.1 Å². The molecule has 1 atom stereocenters. The van der Waals surface area contributed by atoms with Crippen LogP contribution in [0.1, 0.15) is 5.56 Å². The summed E-state index contributed by atoms with van der Waals surface area (Å²) < 4.78 is 0. The molecule has 1 aromatic rings. The molecule has 0 aliphatic carbocycles. The summed E-state index contributed by atoms with van der Waals surface area (Å²) in [4.78, 5) is 21.2. The Bertz CT molecular complexity index is 405. The largest absolute Gasteiger partial charge is 0.370 e. The Morgan fingerprint density at radius 1 is 1.19 bits per heavy atom. The minimum Gasteiger partial charge on any atom is -0.370 e. The average molecular weight is 282 g/mol. The molecule has 1 rings (SSSR count). The summed E-state index contributed by atoms with van der Waals surface area (Å²) in [5, 5.41) is 8.76. The quantitative estimate of drug-likeness (QED) is 0.522. The third-order valence-corrected chi connectivity index (χ3v) is 2.70. The van der Waals surface area contributed by atoms with Gasteiger partial charge in [-0.05, 0) is 11.6 Å². The Labute approximate surface area is 107 Å². The number of ketones is 1. The third-order valence-electron chi connectivity index (χ3n) is 2.03. The van der Waals surface area contributed by atoms with Gasteiger partial charge >= 0.3 is 0 Å². The fourth-order valence-corrected chi connectivity index (χ4v) is 1.71. The van der Waals surface area contributed by atoms with Crippen LogP contribution in [0.4, 0.5) is 0 Å². The lowest BCUT2D eigenvalue weighted by Gasteiger charge is -2.23. The number of Topliss-reactive ketones (excluding diaryl/α,β-unsaturated/α-hetero) is 1. The maximum absolute atomic E-state index is 11.6. The van der Waals surface area contributed by atoms with Gasteiger partial charge in [0, 0.05) is 5.56 Å². The molecule has 1 unspecified atom stereocenters. The monoisotopic (exact) mass is 280 g/mol. The molecule has 0 radical (unpaired) electrons. The zero-order valence-corrected chi connectivity index (χ0v) is 10.1. The van der Waals surface area contributed by atoms with Crippen molar-refractivity contribution in [2.45, 2.75) is 10.4 Å². The number of halogens is 3. The van der Waals surface area contributed by atoms with E-state index in [9.17, 15) is 14.7 Å². The fraction of sp³-hybridized carbons (Fsp3) is 0.200. The summed E-state index contributed by atoms with van der Waals surface area (Å²) >= 11 is 15.9. The summed E-state index contributed by atoms with van der Waals surface area (Å²) in [5.74, 6) is -1.07. The minimum absolute atomic E-state index is 0.0336.